The van der Waals surface area contributed by atoms with Crippen LogP contribution in [0.4, 0.5) is 4.39 Å². The van der Waals surface area contributed by atoms with Gasteiger partial charge in [0.25, 0.3) is 0 Å². The Kier molecular flexibility index (Phi) is 9.92. The third-order valence-electron chi connectivity index (χ3n) is 6.20. The minimum absolute atomic E-state index is 0.211. The first-order valence-electron chi connectivity index (χ1n) is 12.0. The summed E-state index contributed by atoms with van der Waals surface area (Å²) in [6.07, 6.45) is 2.21. The van der Waals surface area contributed by atoms with E-state index >= 15 is 0 Å². The molecule has 0 spiro atoms. The van der Waals surface area contributed by atoms with E-state index in [1.54, 1.807) is 25.1 Å². The number of benzene rings is 2. The van der Waals surface area contributed by atoms with Crippen LogP contribution in [0.5, 0.6) is 5.75 Å². The number of esters is 1. The van der Waals surface area contributed by atoms with Crippen molar-refractivity contribution in [2.24, 2.45) is 0 Å². The number of ether oxygens (including phenoxy) is 4. The SMILES string of the molecule is CCCCO[C@@H]1C[C@H](c2ccc(Cl)c(Cc3ccc(OCC)c(F)c3)c2)O[C@](CO)(C(=O)OC)C1. The lowest BCUT2D eigenvalue weighted by Gasteiger charge is -2.41. The highest BCUT2D eigenvalue weighted by atomic mass is 35.5. The van der Waals surface area contributed by atoms with Gasteiger partial charge in [-0.3, -0.25) is 0 Å². The number of hydrogen-bond donors (Lipinski definition) is 1. The molecule has 1 fully saturated rings. The topological polar surface area (TPSA) is 74.2 Å². The molecule has 0 aromatic heterocycles. The minimum atomic E-state index is -1.51. The number of carbonyl (C=O) groups is 1. The Morgan fingerprint density at radius 2 is 2.06 bits per heavy atom. The number of halogens is 2. The molecule has 6 nitrogen and oxygen atoms in total. The maximum atomic E-state index is 14.4. The van der Waals surface area contributed by atoms with Gasteiger partial charge >= 0.3 is 5.97 Å². The van der Waals surface area contributed by atoms with Crippen LogP contribution < -0.4 is 4.74 Å². The summed E-state index contributed by atoms with van der Waals surface area (Å²) >= 11 is 6.48. The Hall–Kier alpha value is -2.19. The lowest BCUT2D eigenvalue weighted by atomic mass is 9.87. The number of methoxy groups -OCH3 is 1. The largest absolute Gasteiger partial charge is 0.491 e. The van der Waals surface area contributed by atoms with Crippen LogP contribution in [-0.4, -0.2) is 49.7 Å². The van der Waals surface area contributed by atoms with E-state index in [2.05, 4.69) is 6.92 Å². The van der Waals surface area contributed by atoms with Crippen LogP contribution in [0.15, 0.2) is 36.4 Å². The van der Waals surface area contributed by atoms with Gasteiger partial charge in [0.2, 0.25) is 0 Å². The number of unbranched alkanes of at least 4 members (excludes halogenated alkanes) is 1. The summed E-state index contributed by atoms with van der Waals surface area (Å²) in [4.78, 5) is 12.6. The van der Waals surface area contributed by atoms with Gasteiger partial charge in [-0.1, -0.05) is 43.1 Å². The van der Waals surface area contributed by atoms with Gasteiger partial charge in [0.05, 0.1) is 32.5 Å². The highest BCUT2D eigenvalue weighted by Gasteiger charge is 2.49. The van der Waals surface area contributed by atoms with Crippen molar-refractivity contribution < 1.29 is 33.2 Å². The number of aliphatic hydroxyl groups excluding tert-OH is 1. The molecule has 0 unspecified atom stereocenters. The van der Waals surface area contributed by atoms with Crippen molar-refractivity contribution in [2.75, 3.05) is 26.9 Å². The molecule has 192 valence electrons. The van der Waals surface area contributed by atoms with Crippen molar-refractivity contribution in [3.05, 3.63) is 63.9 Å². The molecule has 35 heavy (non-hydrogen) atoms. The molecule has 3 rings (SSSR count). The Balaban J connectivity index is 1.87. The predicted octanol–water partition coefficient (Wildman–Crippen LogP) is 5.41. The smallest absolute Gasteiger partial charge is 0.340 e. The quantitative estimate of drug-likeness (QED) is 0.323. The van der Waals surface area contributed by atoms with Crippen LogP contribution >= 0.6 is 11.6 Å². The van der Waals surface area contributed by atoms with Crippen LogP contribution in [0.3, 0.4) is 0 Å². The number of aliphatic hydroxyl groups is 1. The van der Waals surface area contributed by atoms with Gasteiger partial charge in [-0.2, -0.15) is 0 Å². The first-order chi connectivity index (χ1) is 16.9. The molecule has 1 heterocycles. The zero-order chi connectivity index (χ0) is 25.4. The lowest BCUT2D eigenvalue weighted by molar-refractivity contribution is -0.214. The highest BCUT2D eigenvalue weighted by molar-refractivity contribution is 6.31. The van der Waals surface area contributed by atoms with Crippen molar-refractivity contribution in [3.63, 3.8) is 0 Å². The van der Waals surface area contributed by atoms with Crippen molar-refractivity contribution in [1.29, 1.82) is 0 Å². The summed E-state index contributed by atoms with van der Waals surface area (Å²) in [6, 6.07) is 10.4. The summed E-state index contributed by atoms with van der Waals surface area (Å²) in [7, 11) is 1.27. The molecule has 0 radical (unpaired) electrons. The number of rotatable bonds is 11. The van der Waals surface area contributed by atoms with Gasteiger partial charge in [-0.05, 0) is 54.7 Å². The second-order valence-electron chi connectivity index (χ2n) is 8.76. The van der Waals surface area contributed by atoms with Crippen molar-refractivity contribution >= 4 is 17.6 Å². The van der Waals surface area contributed by atoms with Crippen LogP contribution in [0, 0.1) is 5.82 Å². The van der Waals surface area contributed by atoms with Gasteiger partial charge in [-0.25, -0.2) is 9.18 Å². The summed E-state index contributed by atoms with van der Waals surface area (Å²) in [5, 5.41) is 10.7. The molecular formula is C27H34ClFO6. The Bertz CT molecular complexity index is 1000. The molecular weight excluding hydrogens is 475 g/mol. The summed E-state index contributed by atoms with van der Waals surface area (Å²) in [5.74, 6) is -0.845. The van der Waals surface area contributed by atoms with E-state index in [-0.39, 0.29) is 18.3 Å². The molecule has 3 atom stereocenters. The molecule has 1 saturated heterocycles. The number of carbonyl (C=O) groups excluding carboxylic acids is 1. The molecule has 2 aromatic rings. The first-order valence-corrected chi connectivity index (χ1v) is 12.4. The van der Waals surface area contributed by atoms with Crippen LogP contribution in [0.2, 0.25) is 5.02 Å². The molecule has 8 heteroatoms. The van der Waals surface area contributed by atoms with Crippen molar-refractivity contribution in [2.45, 2.75) is 63.8 Å². The van der Waals surface area contributed by atoms with Gasteiger partial charge < -0.3 is 24.1 Å². The second kappa shape index (κ2) is 12.7. The van der Waals surface area contributed by atoms with E-state index in [0.717, 1.165) is 29.5 Å². The fraction of sp³-hybridized carbons (Fsp3) is 0.519. The summed E-state index contributed by atoms with van der Waals surface area (Å²) in [6.45, 7) is 4.31. The Labute approximate surface area is 211 Å². The number of hydrogen-bond acceptors (Lipinski definition) is 6. The third-order valence-corrected chi connectivity index (χ3v) is 6.57. The fourth-order valence-electron chi connectivity index (χ4n) is 4.34. The zero-order valence-corrected chi connectivity index (χ0v) is 21.3. The highest BCUT2D eigenvalue weighted by Crippen LogP contribution is 2.40. The molecule has 0 aliphatic carbocycles. The second-order valence-corrected chi connectivity index (χ2v) is 9.17. The maximum Gasteiger partial charge on any atom is 0.340 e. The molecule has 1 aliphatic heterocycles. The molecule has 0 saturated carbocycles. The minimum Gasteiger partial charge on any atom is -0.491 e. The molecule has 0 amide bonds. The Morgan fingerprint density at radius 3 is 2.71 bits per heavy atom. The van der Waals surface area contributed by atoms with Gasteiger partial charge in [0, 0.05) is 24.5 Å². The van der Waals surface area contributed by atoms with Crippen LogP contribution in [-0.2, 0) is 25.4 Å². The van der Waals surface area contributed by atoms with E-state index in [4.69, 9.17) is 30.5 Å². The van der Waals surface area contributed by atoms with E-state index in [1.165, 1.54) is 13.2 Å². The lowest BCUT2D eigenvalue weighted by Crippen LogP contribution is -2.53. The monoisotopic (exact) mass is 508 g/mol. The fourth-order valence-corrected chi connectivity index (χ4v) is 4.53. The van der Waals surface area contributed by atoms with Crippen molar-refractivity contribution in [1.82, 2.24) is 0 Å². The summed E-state index contributed by atoms with van der Waals surface area (Å²) < 4.78 is 36.8. The van der Waals surface area contributed by atoms with Gasteiger partial charge in [0.1, 0.15) is 0 Å². The molecule has 1 N–H and O–H groups in total. The van der Waals surface area contributed by atoms with E-state index in [0.29, 0.717) is 31.1 Å². The predicted molar refractivity (Wildman–Crippen MR) is 131 cm³/mol. The molecule has 2 aromatic carbocycles. The average Bonchev–Trinajstić information content (AvgIpc) is 2.86. The van der Waals surface area contributed by atoms with Gasteiger partial charge in [-0.15, -0.1) is 0 Å². The van der Waals surface area contributed by atoms with Crippen molar-refractivity contribution in [3.8, 4) is 5.75 Å². The van der Waals surface area contributed by atoms with Gasteiger partial charge in [0.15, 0.2) is 17.2 Å². The maximum absolute atomic E-state index is 14.4. The van der Waals surface area contributed by atoms with E-state index in [9.17, 15) is 14.3 Å². The molecule has 0 bridgehead atoms. The summed E-state index contributed by atoms with van der Waals surface area (Å²) in [5.41, 5.74) is 0.820. The third kappa shape index (κ3) is 6.73. The molecule has 1 aliphatic rings. The Morgan fingerprint density at radius 1 is 1.26 bits per heavy atom. The van der Waals surface area contributed by atoms with E-state index < -0.39 is 30.1 Å². The average molecular weight is 509 g/mol. The normalized spacial score (nSPS) is 22.1. The first kappa shape index (κ1) is 27.4. The standard InChI is InChI=1S/C27H34ClFO6/c1-4-6-11-34-21-15-25(35-27(16-21,17-30)26(31)32-3)19-8-9-22(28)20(14-19)12-18-7-10-24(33-5-2)23(29)13-18/h7-10,13-14,21,25,30H,4-6,11-12,15-17H2,1-3H3/t21-,25-,27-/m1/s1. The van der Waals surface area contributed by atoms with Crippen LogP contribution in [0.1, 0.15) is 62.3 Å². The van der Waals surface area contributed by atoms with E-state index in [1.807, 2.05) is 12.1 Å². The van der Waals surface area contributed by atoms with Crippen LogP contribution in [0.25, 0.3) is 0 Å². The zero-order valence-electron chi connectivity index (χ0n) is 20.5.